The summed E-state index contributed by atoms with van der Waals surface area (Å²) in [6, 6.07) is 12.1. The molecule has 0 bridgehead atoms. The molecular formula is C19H18BrClN2O4. The number of carbonyl (C=O) groups excluding carboxylic acids is 3. The minimum Gasteiger partial charge on any atom is -0.456 e. The summed E-state index contributed by atoms with van der Waals surface area (Å²) in [5.41, 5.74) is 2.06. The first-order chi connectivity index (χ1) is 12.8. The molecule has 0 radical (unpaired) electrons. The summed E-state index contributed by atoms with van der Waals surface area (Å²) in [6.07, 6.45) is -0.185. The maximum absolute atomic E-state index is 11.9. The lowest BCUT2D eigenvalue weighted by Crippen LogP contribution is -2.22. The molecule has 142 valence electrons. The Morgan fingerprint density at radius 1 is 1.04 bits per heavy atom. The smallest absolute Gasteiger partial charge is 0.306 e. The maximum atomic E-state index is 11.9. The Labute approximate surface area is 170 Å². The topological polar surface area (TPSA) is 84.5 Å². The van der Waals surface area contributed by atoms with E-state index in [1.165, 1.54) is 0 Å². The summed E-state index contributed by atoms with van der Waals surface area (Å²) >= 11 is 9.18. The third-order valence-electron chi connectivity index (χ3n) is 3.49. The zero-order chi connectivity index (χ0) is 19.8. The highest BCUT2D eigenvalue weighted by atomic mass is 79.9. The Morgan fingerprint density at radius 2 is 1.81 bits per heavy atom. The van der Waals surface area contributed by atoms with Gasteiger partial charge in [-0.15, -0.1) is 0 Å². The van der Waals surface area contributed by atoms with E-state index in [0.29, 0.717) is 16.4 Å². The lowest BCUT2D eigenvalue weighted by molar-refractivity contribution is -0.147. The number of hydrogen-bond donors (Lipinski definition) is 2. The number of esters is 1. The number of anilines is 2. The first-order valence-electron chi connectivity index (χ1n) is 8.10. The van der Waals surface area contributed by atoms with E-state index in [1.54, 1.807) is 36.4 Å². The third kappa shape index (κ3) is 7.40. The van der Waals surface area contributed by atoms with Crippen LogP contribution in [0.4, 0.5) is 11.4 Å². The zero-order valence-electron chi connectivity index (χ0n) is 14.6. The van der Waals surface area contributed by atoms with Crippen LogP contribution in [0.15, 0.2) is 46.9 Å². The van der Waals surface area contributed by atoms with Crippen molar-refractivity contribution in [3.63, 3.8) is 0 Å². The van der Waals surface area contributed by atoms with Crippen LogP contribution in [-0.4, -0.2) is 24.4 Å². The molecule has 0 atom stereocenters. The van der Waals surface area contributed by atoms with Crippen LogP contribution < -0.4 is 10.6 Å². The number of benzene rings is 2. The third-order valence-corrected chi connectivity index (χ3v) is 4.22. The van der Waals surface area contributed by atoms with Gasteiger partial charge in [0.05, 0.1) is 6.42 Å². The Balaban J connectivity index is 1.70. The average Bonchev–Trinajstić information content (AvgIpc) is 2.60. The van der Waals surface area contributed by atoms with Crippen molar-refractivity contribution in [3.05, 3.63) is 57.5 Å². The van der Waals surface area contributed by atoms with Crippen molar-refractivity contribution >= 4 is 56.7 Å². The van der Waals surface area contributed by atoms with Crippen LogP contribution in [0.3, 0.4) is 0 Å². The first-order valence-corrected chi connectivity index (χ1v) is 9.27. The van der Waals surface area contributed by atoms with Crippen molar-refractivity contribution in [3.8, 4) is 0 Å². The molecule has 2 aromatic rings. The van der Waals surface area contributed by atoms with Crippen LogP contribution in [0, 0.1) is 6.92 Å². The van der Waals surface area contributed by atoms with Crippen molar-refractivity contribution in [1.82, 2.24) is 0 Å². The van der Waals surface area contributed by atoms with Crippen LogP contribution in [0.25, 0.3) is 0 Å². The first kappa shape index (κ1) is 20.9. The molecule has 0 aliphatic heterocycles. The highest BCUT2D eigenvalue weighted by molar-refractivity contribution is 9.10. The highest BCUT2D eigenvalue weighted by Crippen LogP contribution is 2.20. The Hall–Kier alpha value is -2.38. The second kappa shape index (κ2) is 10.1. The van der Waals surface area contributed by atoms with Crippen LogP contribution in [0.5, 0.6) is 0 Å². The Bertz CT molecular complexity index is 857. The monoisotopic (exact) mass is 452 g/mol. The summed E-state index contributed by atoms with van der Waals surface area (Å²) in [7, 11) is 0. The van der Waals surface area contributed by atoms with Gasteiger partial charge in [-0.3, -0.25) is 14.4 Å². The van der Waals surface area contributed by atoms with E-state index in [-0.39, 0.29) is 18.7 Å². The predicted octanol–water partition coefficient (Wildman–Crippen LogP) is 4.31. The van der Waals surface area contributed by atoms with Gasteiger partial charge in [-0.1, -0.05) is 33.6 Å². The number of hydrogen-bond acceptors (Lipinski definition) is 4. The Kier molecular flexibility index (Phi) is 7.82. The van der Waals surface area contributed by atoms with E-state index in [2.05, 4.69) is 26.6 Å². The zero-order valence-corrected chi connectivity index (χ0v) is 16.9. The number of halogens is 2. The molecule has 2 rings (SSSR count). The molecule has 0 aliphatic carbocycles. The molecule has 0 aliphatic rings. The number of amides is 2. The summed E-state index contributed by atoms with van der Waals surface area (Å²) in [4.78, 5) is 35.4. The summed E-state index contributed by atoms with van der Waals surface area (Å²) in [5, 5.41) is 5.80. The van der Waals surface area contributed by atoms with E-state index in [4.69, 9.17) is 16.3 Å². The molecule has 6 nitrogen and oxygen atoms in total. The van der Waals surface area contributed by atoms with Crippen LogP contribution in [0.2, 0.25) is 5.02 Å². The normalized spacial score (nSPS) is 10.2. The predicted molar refractivity (Wildman–Crippen MR) is 108 cm³/mol. The largest absolute Gasteiger partial charge is 0.456 e. The number of rotatable bonds is 7. The second-order valence-electron chi connectivity index (χ2n) is 5.73. The molecule has 27 heavy (non-hydrogen) atoms. The average molecular weight is 454 g/mol. The van der Waals surface area contributed by atoms with Gasteiger partial charge < -0.3 is 15.4 Å². The van der Waals surface area contributed by atoms with Gasteiger partial charge in [-0.05, 0) is 48.9 Å². The second-order valence-corrected chi connectivity index (χ2v) is 7.08. The number of ether oxygens (including phenoxy) is 1. The van der Waals surface area contributed by atoms with Crippen molar-refractivity contribution in [2.24, 2.45) is 0 Å². The van der Waals surface area contributed by atoms with Gasteiger partial charge in [0.2, 0.25) is 5.91 Å². The maximum Gasteiger partial charge on any atom is 0.306 e. The number of carbonyl (C=O) groups is 3. The fourth-order valence-corrected chi connectivity index (χ4v) is 2.84. The quantitative estimate of drug-likeness (QED) is 0.612. The molecule has 0 saturated heterocycles. The van der Waals surface area contributed by atoms with Gasteiger partial charge >= 0.3 is 5.97 Å². The van der Waals surface area contributed by atoms with Crippen LogP contribution >= 0.6 is 27.5 Å². The minimum atomic E-state index is -0.626. The van der Waals surface area contributed by atoms with E-state index >= 15 is 0 Å². The summed E-state index contributed by atoms with van der Waals surface area (Å²) < 4.78 is 5.80. The number of aryl methyl sites for hydroxylation is 1. The summed E-state index contributed by atoms with van der Waals surface area (Å²) in [5.74, 6) is -1.42. The van der Waals surface area contributed by atoms with Crippen LogP contribution in [-0.2, 0) is 19.1 Å². The molecule has 8 heteroatoms. The molecule has 0 fully saturated rings. The van der Waals surface area contributed by atoms with E-state index < -0.39 is 18.5 Å². The van der Waals surface area contributed by atoms with Gasteiger partial charge in [0.15, 0.2) is 6.61 Å². The van der Waals surface area contributed by atoms with Gasteiger partial charge in [0.1, 0.15) is 0 Å². The van der Waals surface area contributed by atoms with Gasteiger partial charge in [0, 0.05) is 27.3 Å². The lowest BCUT2D eigenvalue weighted by atomic mass is 10.2. The van der Waals surface area contributed by atoms with Crippen molar-refractivity contribution < 1.29 is 19.1 Å². The van der Waals surface area contributed by atoms with E-state index in [0.717, 1.165) is 10.0 Å². The van der Waals surface area contributed by atoms with E-state index in [9.17, 15) is 14.4 Å². The van der Waals surface area contributed by atoms with Crippen LogP contribution in [0.1, 0.15) is 18.4 Å². The van der Waals surface area contributed by atoms with Gasteiger partial charge in [-0.2, -0.15) is 0 Å². The number of nitrogens with one attached hydrogen (secondary N) is 2. The molecule has 0 unspecified atom stereocenters. The fourth-order valence-electron chi connectivity index (χ4n) is 2.18. The molecule has 2 amide bonds. The standard InChI is InChI=1S/C19H18BrClN2O4/c1-12-9-13(20)5-6-16(12)23-18(25)11-27-19(26)8-7-17(24)22-15-4-2-3-14(21)10-15/h2-6,9-10H,7-8,11H2,1H3,(H,22,24)(H,23,25). The lowest BCUT2D eigenvalue weighted by Gasteiger charge is -2.09. The molecule has 0 aromatic heterocycles. The van der Waals surface area contributed by atoms with Crippen molar-refractivity contribution in [2.75, 3.05) is 17.2 Å². The summed E-state index contributed by atoms with van der Waals surface area (Å²) in [6.45, 7) is 1.44. The SMILES string of the molecule is Cc1cc(Br)ccc1NC(=O)COC(=O)CCC(=O)Nc1cccc(Cl)c1. The molecule has 0 heterocycles. The molecular weight excluding hydrogens is 436 g/mol. The van der Waals surface area contributed by atoms with Gasteiger partial charge in [0.25, 0.3) is 5.91 Å². The van der Waals surface area contributed by atoms with E-state index in [1.807, 2.05) is 13.0 Å². The minimum absolute atomic E-state index is 0.0568. The fraction of sp³-hybridized carbons (Fsp3) is 0.211. The molecule has 0 saturated carbocycles. The molecule has 2 aromatic carbocycles. The van der Waals surface area contributed by atoms with Crippen molar-refractivity contribution in [1.29, 1.82) is 0 Å². The molecule has 0 spiro atoms. The molecule has 2 N–H and O–H groups in total. The highest BCUT2D eigenvalue weighted by Gasteiger charge is 2.12. The van der Waals surface area contributed by atoms with Crippen molar-refractivity contribution in [2.45, 2.75) is 19.8 Å². The van der Waals surface area contributed by atoms with Gasteiger partial charge in [-0.25, -0.2) is 0 Å². The Morgan fingerprint density at radius 3 is 2.52 bits per heavy atom.